The number of fused-ring (bicyclic) bond motifs is 1. The zero-order valence-electron chi connectivity index (χ0n) is 21.7. The quantitative estimate of drug-likeness (QED) is 0.594. The first-order valence-corrected chi connectivity index (χ1v) is 13.8. The van der Waals surface area contributed by atoms with E-state index in [9.17, 15) is 14.0 Å². The molecule has 2 heterocycles. The van der Waals surface area contributed by atoms with Crippen LogP contribution in [0.1, 0.15) is 73.4 Å². The predicted octanol–water partition coefficient (Wildman–Crippen LogP) is 5.11. The van der Waals surface area contributed by atoms with Crippen LogP contribution in [-0.4, -0.2) is 48.2 Å². The Morgan fingerprint density at radius 2 is 1.73 bits per heavy atom. The van der Waals surface area contributed by atoms with Crippen molar-refractivity contribution in [3.8, 4) is 0 Å². The van der Waals surface area contributed by atoms with Crippen LogP contribution in [0.2, 0.25) is 0 Å². The van der Waals surface area contributed by atoms with Gasteiger partial charge in [0.25, 0.3) is 5.91 Å². The smallest absolute Gasteiger partial charge is 0.278 e. The predicted molar refractivity (Wildman–Crippen MR) is 144 cm³/mol. The van der Waals surface area contributed by atoms with Gasteiger partial charge in [-0.3, -0.25) is 14.5 Å². The molecular formula is C30H37FN4O2. The van der Waals surface area contributed by atoms with E-state index in [-0.39, 0.29) is 29.6 Å². The molecule has 1 aliphatic carbocycles. The average molecular weight is 505 g/mol. The van der Waals surface area contributed by atoms with Gasteiger partial charge in [0.05, 0.1) is 0 Å². The number of likely N-dealkylation sites (tertiary alicyclic amines) is 1. The van der Waals surface area contributed by atoms with Crippen LogP contribution in [0.15, 0.2) is 47.5 Å². The van der Waals surface area contributed by atoms with E-state index in [0.717, 1.165) is 56.8 Å². The highest BCUT2D eigenvalue weighted by Crippen LogP contribution is 2.38. The van der Waals surface area contributed by atoms with Gasteiger partial charge >= 0.3 is 0 Å². The summed E-state index contributed by atoms with van der Waals surface area (Å²) >= 11 is 0. The highest BCUT2D eigenvalue weighted by molar-refractivity contribution is 6.12. The number of carbonyl (C=O) groups is 2. The number of aliphatic imine (C=N–C) groups is 1. The fraction of sp³-hybridized carbons (Fsp3) is 0.500. The van der Waals surface area contributed by atoms with Gasteiger partial charge in [0, 0.05) is 42.7 Å². The van der Waals surface area contributed by atoms with Crippen LogP contribution in [0.5, 0.6) is 0 Å². The van der Waals surface area contributed by atoms with Crippen molar-refractivity contribution < 1.29 is 14.0 Å². The van der Waals surface area contributed by atoms with Crippen molar-refractivity contribution in [1.82, 2.24) is 10.2 Å². The Bertz CT molecular complexity index is 1150. The van der Waals surface area contributed by atoms with Crippen LogP contribution in [0.4, 0.5) is 10.1 Å². The average Bonchev–Trinajstić information content (AvgIpc) is 3.27. The number of amidine groups is 1. The number of halogens is 1. The Hall–Kier alpha value is -3.06. The number of nitrogens with zero attached hydrogens (tertiary/aromatic N) is 3. The molecule has 0 spiro atoms. The van der Waals surface area contributed by atoms with Gasteiger partial charge in [-0.25, -0.2) is 4.39 Å². The van der Waals surface area contributed by atoms with Crippen molar-refractivity contribution in [2.75, 3.05) is 24.5 Å². The topological polar surface area (TPSA) is 65.0 Å². The van der Waals surface area contributed by atoms with Gasteiger partial charge in [0.1, 0.15) is 11.7 Å². The summed E-state index contributed by atoms with van der Waals surface area (Å²) in [6.45, 7) is 5.83. The zero-order chi connectivity index (χ0) is 25.8. The fourth-order valence-electron chi connectivity index (χ4n) is 6.04. The van der Waals surface area contributed by atoms with Crippen LogP contribution in [0, 0.1) is 11.7 Å². The van der Waals surface area contributed by atoms with Gasteiger partial charge in [-0.2, -0.15) is 4.99 Å². The number of hydrogen-bond acceptors (Lipinski definition) is 3. The Balaban J connectivity index is 1.40. The maximum atomic E-state index is 13.4. The molecule has 2 fully saturated rings. The van der Waals surface area contributed by atoms with E-state index in [1.54, 1.807) is 0 Å². The number of amides is 2. The number of rotatable bonds is 6. The van der Waals surface area contributed by atoms with Gasteiger partial charge in [0.2, 0.25) is 5.91 Å². The normalized spacial score (nSPS) is 23.2. The molecule has 5 rings (SSSR count). The van der Waals surface area contributed by atoms with E-state index in [4.69, 9.17) is 0 Å². The third-order valence-corrected chi connectivity index (χ3v) is 8.00. The largest absolute Gasteiger partial charge is 0.356 e. The highest BCUT2D eigenvalue weighted by Gasteiger charge is 2.36. The van der Waals surface area contributed by atoms with Gasteiger partial charge in [-0.1, -0.05) is 18.6 Å². The third kappa shape index (κ3) is 5.93. The van der Waals surface area contributed by atoms with Crippen LogP contribution in [0.3, 0.4) is 0 Å². The summed E-state index contributed by atoms with van der Waals surface area (Å²) in [5, 5.41) is 2.97. The first kappa shape index (κ1) is 25.6. The van der Waals surface area contributed by atoms with E-state index >= 15 is 0 Å². The summed E-state index contributed by atoms with van der Waals surface area (Å²) in [6, 6.07) is 12.4. The second-order valence-corrected chi connectivity index (χ2v) is 10.6. The first-order chi connectivity index (χ1) is 18.0. The van der Waals surface area contributed by atoms with Crippen LogP contribution in [-0.2, 0) is 17.8 Å². The summed E-state index contributed by atoms with van der Waals surface area (Å²) < 4.78 is 13.4. The molecule has 0 radical (unpaired) electrons. The molecule has 0 aromatic heterocycles. The third-order valence-electron chi connectivity index (χ3n) is 8.00. The second-order valence-electron chi connectivity index (χ2n) is 10.6. The van der Waals surface area contributed by atoms with Crippen molar-refractivity contribution >= 4 is 23.3 Å². The minimum Gasteiger partial charge on any atom is -0.356 e. The molecule has 1 saturated heterocycles. The number of carbonyl (C=O) groups excluding carboxylic acids is 2. The molecule has 0 atom stereocenters. The molecule has 0 unspecified atom stereocenters. The zero-order valence-corrected chi connectivity index (χ0v) is 21.7. The second kappa shape index (κ2) is 11.5. The Morgan fingerprint density at radius 1 is 1.00 bits per heavy atom. The van der Waals surface area contributed by atoms with Crippen molar-refractivity contribution in [2.24, 2.45) is 10.9 Å². The maximum absolute atomic E-state index is 13.4. The lowest BCUT2D eigenvalue weighted by molar-refractivity contribution is -0.125. The van der Waals surface area contributed by atoms with Gasteiger partial charge in [0.15, 0.2) is 0 Å². The Morgan fingerprint density at radius 3 is 2.43 bits per heavy atom. The van der Waals surface area contributed by atoms with E-state index in [1.807, 2.05) is 6.92 Å². The van der Waals surface area contributed by atoms with E-state index in [0.29, 0.717) is 18.5 Å². The molecule has 2 aliphatic heterocycles. The summed E-state index contributed by atoms with van der Waals surface area (Å²) in [5.74, 6) is 0.222. The molecule has 1 saturated carbocycles. The minimum absolute atomic E-state index is 0.0462. The van der Waals surface area contributed by atoms with Crippen molar-refractivity contribution in [1.29, 1.82) is 0 Å². The molecule has 1 N–H and O–H groups in total. The molecule has 37 heavy (non-hydrogen) atoms. The number of anilines is 1. The molecule has 3 aliphatic rings. The lowest BCUT2D eigenvalue weighted by Crippen LogP contribution is -2.43. The summed E-state index contributed by atoms with van der Waals surface area (Å²) in [6.07, 6.45) is 7.84. The summed E-state index contributed by atoms with van der Waals surface area (Å²) in [5.41, 5.74) is 3.99. The van der Waals surface area contributed by atoms with E-state index < -0.39 is 0 Å². The maximum Gasteiger partial charge on any atom is 0.278 e. The molecule has 6 nitrogen and oxygen atoms in total. The number of piperidine rings is 1. The number of benzene rings is 2. The first-order valence-electron chi connectivity index (χ1n) is 13.8. The molecule has 2 amide bonds. The van der Waals surface area contributed by atoms with Gasteiger partial charge in [-0.15, -0.1) is 0 Å². The summed E-state index contributed by atoms with van der Waals surface area (Å²) in [4.78, 5) is 34.8. The van der Waals surface area contributed by atoms with Crippen molar-refractivity contribution in [3.63, 3.8) is 0 Å². The molecule has 196 valence electrons. The number of hydrogen-bond donors (Lipinski definition) is 1. The highest BCUT2D eigenvalue weighted by atomic mass is 19.1. The van der Waals surface area contributed by atoms with Gasteiger partial charge < -0.3 is 10.2 Å². The van der Waals surface area contributed by atoms with Crippen LogP contribution >= 0.6 is 0 Å². The minimum atomic E-state index is -0.371. The molecule has 0 bridgehead atoms. The SMILES string of the molecule is CCNC(=O)C1CCC(N2C(=NC(=O)c3ccc(F)cc3)Cc3ccc(CN4CCCCC4)cc32)CC1. The molecule has 7 heteroatoms. The van der Waals surface area contributed by atoms with Gasteiger partial charge in [-0.05, 0) is 100.0 Å². The summed E-state index contributed by atoms with van der Waals surface area (Å²) in [7, 11) is 0. The van der Waals surface area contributed by atoms with Crippen molar-refractivity contribution in [2.45, 2.75) is 70.9 Å². The Kier molecular flexibility index (Phi) is 7.99. The lowest BCUT2D eigenvalue weighted by Gasteiger charge is -2.36. The lowest BCUT2D eigenvalue weighted by atomic mass is 9.84. The Labute approximate surface area is 218 Å². The molecule has 2 aromatic carbocycles. The fourth-order valence-corrected chi connectivity index (χ4v) is 6.04. The van der Waals surface area contributed by atoms with Crippen molar-refractivity contribution in [3.05, 3.63) is 65.0 Å². The standard InChI is InChI=1S/C30H37FN4O2/c1-2-32-29(36)22-10-14-26(15-11-22)35-27-18-21(20-34-16-4-3-5-17-34)6-7-24(27)19-28(35)33-30(37)23-8-12-25(31)13-9-23/h6-9,12-13,18,22,26H,2-5,10-11,14-17,19-20H2,1H3,(H,32,36). The molecular weight excluding hydrogens is 467 g/mol. The van der Waals surface area contributed by atoms with Crippen LogP contribution in [0.25, 0.3) is 0 Å². The van der Waals surface area contributed by atoms with E-state index in [1.165, 1.54) is 54.7 Å². The van der Waals surface area contributed by atoms with E-state index in [2.05, 4.69) is 38.3 Å². The monoisotopic (exact) mass is 504 g/mol. The molecule has 2 aromatic rings. The number of nitrogens with one attached hydrogen (secondary N) is 1. The van der Waals surface area contributed by atoms with Crippen LogP contribution < -0.4 is 10.2 Å².